The first-order valence-electron chi connectivity index (χ1n) is 7.93. The Hall–Kier alpha value is -2.85. The van der Waals surface area contributed by atoms with Crippen LogP contribution in [0, 0.1) is 10.1 Å². The highest BCUT2D eigenvalue weighted by atomic mass is 35.5. The number of rotatable bonds is 7. The molecule has 0 aliphatic heterocycles. The van der Waals surface area contributed by atoms with E-state index in [2.05, 4.69) is 5.32 Å². The van der Waals surface area contributed by atoms with E-state index in [-0.39, 0.29) is 22.8 Å². The van der Waals surface area contributed by atoms with Crippen molar-refractivity contribution in [2.45, 2.75) is 13.0 Å². The third-order valence-corrected chi connectivity index (χ3v) is 5.28. The summed E-state index contributed by atoms with van der Waals surface area (Å²) in [7, 11) is -2.49. The Morgan fingerprint density at radius 3 is 2.50 bits per heavy atom. The van der Waals surface area contributed by atoms with E-state index in [0.29, 0.717) is 5.02 Å². The van der Waals surface area contributed by atoms with Crippen LogP contribution in [0.1, 0.15) is 6.92 Å². The number of carbonyl (C=O) groups is 1. The highest BCUT2D eigenvalue weighted by molar-refractivity contribution is 7.92. The predicted octanol–water partition coefficient (Wildman–Crippen LogP) is 3.05. The van der Waals surface area contributed by atoms with Gasteiger partial charge in [-0.05, 0) is 31.2 Å². The molecule has 2 aromatic rings. The van der Waals surface area contributed by atoms with Gasteiger partial charge in [0.1, 0.15) is 11.8 Å². The maximum Gasteiger partial charge on any atom is 0.271 e. The molecule has 0 unspecified atom stereocenters. The molecule has 0 fully saturated rings. The summed E-state index contributed by atoms with van der Waals surface area (Å²) in [5.41, 5.74) is 0.00955. The van der Waals surface area contributed by atoms with Gasteiger partial charge >= 0.3 is 0 Å². The molecule has 150 valence electrons. The number of nitro benzene ring substituents is 1. The summed E-state index contributed by atoms with van der Waals surface area (Å²) in [6.45, 7) is 1.39. The molecule has 1 N–H and O–H groups in total. The van der Waals surface area contributed by atoms with E-state index >= 15 is 0 Å². The minimum atomic E-state index is -3.83. The summed E-state index contributed by atoms with van der Waals surface area (Å²) in [4.78, 5) is 23.1. The number of sulfonamides is 1. The summed E-state index contributed by atoms with van der Waals surface area (Å²) in [6, 6.07) is 8.58. The van der Waals surface area contributed by atoms with Crippen LogP contribution in [0.15, 0.2) is 42.5 Å². The molecule has 0 saturated heterocycles. The first-order chi connectivity index (χ1) is 13.0. The van der Waals surface area contributed by atoms with Gasteiger partial charge in [0.15, 0.2) is 0 Å². The zero-order chi connectivity index (χ0) is 21.1. The van der Waals surface area contributed by atoms with Gasteiger partial charge in [0.25, 0.3) is 5.69 Å². The number of ether oxygens (including phenoxy) is 1. The quantitative estimate of drug-likeness (QED) is 0.535. The lowest BCUT2D eigenvalue weighted by Gasteiger charge is -2.28. The Bertz CT molecular complexity index is 1010. The van der Waals surface area contributed by atoms with Crippen molar-refractivity contribution < 1.29 is 22.9 Å². The second-order valence-corrected chi connectivity index (χ2v) is 8.14. The Morgan fingerprint density at radius 1 is 1.29 bits per heavy atom. The number of nitro groups is 1. The topological polar surface area (TPSA) is 119 Å². The molecule has 11 heteroatoms. The molecular weight excluding hydrogens is 410 g/mol. The van der Waals surface area contributed by atoms with Gasteiger partial charge in [0, 0.05) is 17.2 Å². The van der Waals surface area contributed by atoms with Gasteiger partial charge in [-0.2, -0.15) is 0 Å². The number of carbonyl (C=O) groups excluding carboxylic acids is 1. The summed E-state index contributed by atoms with van der Waals surface area (Å²) in [5.74, 6) is -0.510. The lowest BCUT2D eigenvalue weighted by atomic mass is 10.2. The molecule has 2 aromatic carbocycles. The maximum atomic E-state index is 12.7. The summed E-state index contributed by atoms with van der Waals surface area (Å²) in [5, 5.41) is 13.8. The molecule has 2 rings (SSSR count). The Balaban J connectivity index is 2.39. The predicted molar refractivity (Wildman–Crippen MR) is 107 cm³/mol. The number of hydrogen-bond acceptors (Lipinski definition) is 6. The van der Waals surface area contributed by atoms with Crippen LogP contribution in [-0.2, 0) is 14.8 Å². The van der Waals surface area contributed by atoms with Crippen LogP contribution < -0.4 is 14.4 Å². The Labute approximate surface area is 167 Å². The lowest BCUT2D eigenvalue weighted by Crippen LogP contribution is -2.45. The van der Waals surface area contributed by atoms with Crippen LogP contribution in [0.4, 0.5) is 17.1 Å². The normalized spacial score (nSPS) is 12.1. The molecule has 0 aliphatic carbocycles. The van der Waals surface area contributed by atoms with E-state index in [4.69, 9.17) is 16.3 Å². The molecule has 1 atom stereocenters. The number of halogens is 1. The van der Waals surface area contributed by atoms with Crippen molar-refractivity contribution in [2.75, 3.05) is 23.0 Å². The zero-order valence-corrected chi connectivity index (χ0v) is 16.8. The molecule has 28 heavy (non-hydrogen) atoms. The number of non-ortho nitro benzene ring substituents is 1. The van der Waals surface area contributed by atoms with Crippen molar-refractivity contribution in [1.82, 2.24) is 0 Å². The molecule has 9 nitrogen and oxygen atoms in total. The van der Waals surface area contributed by atoms with Gasteiger partial charge in [-0.25, -0.2) is 8.42 Å². The van der Waals surface area contributed by atoms with E-state index in [1.54, 1.807) is 12.1 Å². The first-order valence-corrected chi connectivity index (χ1v) is 10.2. The van der Waals surface area contributed by atoms with Crippen molar-refractivity contribution in [2.24, 2.45) is 0 Å². The fraction of sp³-hybridized carbons (Fsp3) is 0.235. The average molecular weight is 428 g/mol. The van der Waals surface area contributed by atoms with Gasteiger partial charge in [-0.15, -0.1) is 0 Å². The number of hydrogen-bond donors (Lipinski definition) is 1. The molecule has 1 amide bonds. The van der Waals surface area contributed by atoms with E-state index < -0.39 is 26.9 Å². The summed E-state index contributed by atoms with van der Waals surface area (Å²) >= 11 is 5.94. The van der Waals surface area contributed by atoms with Crippen LogP contribution in [0.2, 0.25) is 5.02 Å². The molecule has 0 radical (unpaired) electrons. The highest BCUT2D eigenvalue weighted by Gasteiger charge is 2.30. The van der Waals surface area contributed by atoms with Crippen LogP contribution >= 0.6 is 11.6 Å². The third-order valence-electron chi connectivity index (χ3n) is 3.80. The second-order valence-electron chi connectivity index (χ2n) is 5.85. The van der Waals surface area contributed by atoms with Crippen LogP contribution in [0.5, 0.6) is 5.75 Å². The zero-order valence-electron chi connectivity index (χ0n) is 15.2. The molecule has 0 saturated carbocycles. The molecule has 0 bridgehead atoms. The van der Waals surface area contributed by atoms with Gasteiger partial charge in [-0.3, -0.25) is 19.2 Å². The van der Waals surface area contributed by atoms with Gasteiger partial charge in [0.05, 0.1) is 29.7 Å². The van der Waals surface area contributed by atoms with Crippen molar-refractivity contribution in [3.63, 3.8) is 0 Å². The minimum absolute atomic E-state index is 0.0492. The summed E-state index contributed by atoms with van der Waals surface area (Å²) < 4.78 is 30.6. The number of anilines is 2. The Kier molecular flexibility index (Phi) is 6.47. The lowest BCUT2D eigenvalue weighted by molar-refractivity contribution is -0.384. The SMILES string of the molecule is COc1ccc([N+](=O)[O-])cc1NC(=O)[C@@H](C)N(c1cccc(Cl)c1)S(C)(=O)=O. The molecule has 0 spiro atoms. The van der Waals surface area contributed by atoms with Gasteiger partial charge in [-0.1, -0.05) is 17.7 Å². The standard InChI is InChI=1S/C17H18ClN3O6S/c1-11(20(28(3,25)26)13-6-4-5-12(18)9-13)17(22)19-15-10-14(21(23)24)7-8-16(15)27-2/h4-11H,1-3H3,(H,19,22)/t11-/m1/s1. The van der Waals surface area contributed by atoms with E-state index in [1.807, 2.05) is 0 Å². The second kappa shape index (κ2) is 8.44. The van der Waals surface area contributed by atoms with Crippen molar-refractivity contribution in [3.8, 4) is 5.75 Å². The molecule has 0 aliphatic rings. The molecular formula is C17H18ClN3O6S. The summed E-state index contributed by atoms with van der Waals surface area (Å²) in [6.07, 6.45) is 0.964. The Morgan fingerprint density at radius 2 is 1.96 bits per heavy atom. The number of methoxy groups -OCH3 is 1. The number of amides is 1. The molecule has 0 aromatic heterocycles. The monoisotopic (exact) mass is 427 g/mol. The van der Waals surface area contributed by atoms with E-state index in [1.165, 1.54) is 38.3 Å². The van der Waals surface area contributed by atoms with Crippen LogP contribution in [0.3, 0.4) is 0 Å². The number of benzene rings is 2. The minimum Gasteiger partial charge on any atom is -0.495 e. The maximum absolute atomic E-state index is 12.7. The highest BCUT2D eigenvalue weighted by Crippen LogP contribution is 2.30. The van der Waals surface area contributed by atoms with Crippen LogP contribution in [-0.4, -0.2) is 38.7 Å². The smallest absolute Gasteiger partial charge is 0.271 e. The average Bonchev–Trinajstić information content (AvgIpc) is 2.60. The fourth-order valence-corrected chi connectivity index (χ4v) is 3.92. The van der Waals surface area contributed by atoms with Crippen molar-refractivity contribution in [1.29, 1.82) is 0 Å². The van der Waals surface area contributed by atoms with E-state index in [0.717, 1.165) is 16.6 Å². The van der Waals surface area contributed by atoms with Gasteiger partial charge < -0.3 is 10.1 Å². The van der Waals surface area contributed by atoms with Gasteiger partial charge in [0.2, 0.25) is 15.9 Å². The number of nitrogens with zero attached hydrogens (tertiary/aromatic N) is 2. The third kappa shape index (κ3) is 4.90. The van der Waals surface area contributed by atoms with Crippen molar-refractivity contribution >= 4 is 44.6 Å². The number of nitrogens with one attached hydrogen (secondary N) is 1. The van der Waals surface area contributed by atoms with E-state index in [9.17, 15) is 23.3 Å². The molecule has 0 heterocycles. The van der Waals surface area contributed by atoms with Crippen molar-refractivity contribution in [3.05, 3.63) is 57.6 Å². The van der Waals surface area contributed by atoms with Crippen LogP contribution in [0.25, 0.3) is 0 Å². The fourth-order valence-electron chi connectivity index (χ4n) is 2.57. The first kappa shape index (κ1) is 21.5. The largest absolute Gasteiger partial charge is 0.495 e.